The molecule has 6 nitrogen and oxygen atoms in total. The molecule has 0 saturated carbocycles. The van der Waals surface area contributed by atoms with Crippen molar-refractivity contribution in [3.63, 3.8) is 0 Å². The number of carbonyl (C=O) groups excluding carboxylic acids is 1. The van der Waals surface area contributed by atoms with Crippen LogP contribution in [-0.2, 0) is 19.7 Å². The van der Waals surface area contributed by atoms with Crippen molar-refractivity contribution in [2.24, 2.45) is 0 Å². The van der Waals surface area contributed by atoms with Crippen LogP contribution in [0.5, 0.6) is 0 Å². The molecular formula is C11H22N2O4S. The summed E-state index contributed by atoms with van der Waals surface area (Å²) in [7, 11) is -0.817. The number of rotatable bonds is 9. The fraction of sp³-hybridized carbons (Fsp3) is 0.727. The van der Waals surface area contributed by atoms with E-state index in [1.807, 2.05) is 6.92 Å². The van der Waals surface area contributed by atoms with E-state index in [-0.39, 0.29) is 19.5 Å². The maximum Gasteiger partial charge on any atom is 0.306 e. The van der Waals surface area contributed by atoms with Crippen molar-refractivity contribution in [3.05, 3.63) is 12.7 Å². The standard InChI is InChI=1S/C11H22N2O4S/c1-5-8-13(9-6-2)18(15,16)12(3)10-7-11(14)17-4/h5H,1,6-10H2,2-4H3. The lowest BCUT2D eigenvalue weighted by Gasteiger charge is -2.26. The second kappa shape index (κ2) is 8.23. The fourth-order valence-corrected chi connectivity index (χ4v) is 2.78. The van der Waals surface area contributed by atoms with Gasteiger partial charge in [0, 0.05) is 26.7 Å². The Hall–Kier alpha value is -0.920. The highest BCUT2D eigenvalue weighted by Gasteiger charge is 2.25. The minimum Gasteiger partial charge on any atom is -0.469 e. The third kappa shape index (κ3) is 5.16. The highest BCUT2D eigenvalue weighted by Crippen LogP contribution is 2.08. The largest absolute Gasteiger partial charge is 0.469 e. The van der Waals surface area contributed by atoms with E-state index in [2.05, 4.69) is 11.3 Å². The van der Waals surface area contributed by atoms with Gasteiger partial charge in [-0.25, -0.2) is 0 Å². The van der Waals surface area contributed by atoms with E-state index in [1.165, 1.54) is 18.5 Å². The normalized spacial score (nSPS) is 11.8. The van der Waals surface area contributed by atoms with Crippen LogP contribution in [0.4, 0.5) is 0 Å². The Bertz CT molecular complexity index is 367. The first-order valence-electron chi connectivity index (χ1n) is 5.79. The van der Waals surface area contributed by atoms with Crippen LogP contribution < -0.4 is 0 Å². The lowest BCUT2D eigenvalue weighted by molar-refractivity contribution is -0.140. The lowest BCUT2D eigenvalue weighted by Crippen LogP contribution is -2.43. The van der Waals surface area contributed by atoms with E-state index in [0.717, 1.165) is 10.7 Å². The van der Waals surface area contributed by atoms with E-state index >= 15 is 0 Å². The maximum absolute atomic E-state index is 12.2. The molecule has 0 N–H and O–H groups in total. The zero-order chi connectivity index (χ0) is 14.2. The molecule has 0 aliphatic rings. The second-order valence-corrected chi connectivity index (χ2v) is 5.84. The molecule has 0 atom stereocenters. The molecular weight excluding hydrogens is 256 g/mol. The van der Waals surface area contributed by atoms with Crippen LogP contribution in [0.1, 0.15) is 19.8 Å². The summed E-state index contributed by atoms with van der Waals surface area (Å²) in [4.78, 5) is 11.0. The van der Waals surface area contributed by atoms with Gasteiger partial charge in [0.1, 0.15) is 0 Å². The molecule has 0 rings (SSSR count). The van der Waals surface area contributed by atoms with E-state index < -0.39 is 16.2 Å². The third-order valence-electron chi connectivity index (χ3n) is 2.38. The summed E-state index contributed by atoms with van der Waals surface area (Å²) >= 11 is 0. The Balaban J connectivity index is 4.65. The monoisotopic (exact) mass is 278 g/mol. The maximum atomic E-state index is 12.2. The third-order valence-corrected chi connectivity index (χ3v) is 4.34. The molecule has 0 bridgehead atoms. The van der Waals surface area contributed by atoms with Gasteiger partial charge in [-0.1, -0.05) is 13.0 Å². The zero-order valence-electron chi connectivity index (χ0n) is 11.3. The number of ether oxygens (including phenoxy) is 1. The molecule has 18 heavy (non-hydrogen) atoms. The smallest absolute Gasteiger partial charge is 0.306 e. The van der Waals surface area contributed by atoms with E-state index in [4.69, 9.17) is 0 Å². The average molecular weight is 278 g/mol. The van der Waals surface area contributed by atoms with Gasteiger partial charge in [0.15, 0.2) is 0 Å². The molecule has 0 radical (unpaired) electrons. The van der Waals surface area contributed by atoms with Crippen LogP contribution >= 0.6 is 0 Å². The van der Waals surface area contributed by atoms with Crippen LogP contribution in [0.25, 0.3) is 0 Å². The van der Waals surface area contributed by atoms with E-state index in [0.29, 0.717) is 6.54 Å². The molecule has 106 valence electrons. The van der Waals surface area contributed by atoms with Gasteiger partial charge < -0.3 is 4.74 Å². The highest BCUT2D eigenvalue weighted by atomic mass is 32.2. The van der Waals surface area contributed by atoms with Crippen LogP contribution in [0.15, 0.2) is 12.7 Å². The van der Waals surface area contributed by atoms with Crippen molar-refractivity contribution in [2.75, 3.05) is 33.8 Å². The van der Waals surface area contributed by atoms with Gasteiger partial charge in [-0.05, 0) is 6.42 Å². The van der Waals surface area contributed by atoms with Crippen molar-refractivity contribution < 1.29 is 17.9 Å². The van der Waals surface area contributed by atoms with Crippen molar-refractivity contribution in [3.8, 4) is 0 Å². The van der Waals surface area contributed by atoms with Gasteiger partial charge in [-0.15, -0.1) is 6.58 Å². The number of nitrogens with zero attached hydrogens (tertiary/aromatic N) is 2. The molecule has 0 aliphatic heterocycles. The van der Waals surface area contributed by atoms with Crippen LogP contribution in [0.3, 0.4) is 0 Å². The first-order chi connectivity index (χ1) is 8.39. The molecule has 0 aromatic rings. The van der Waals surface area contributed by atoms with Gasteiger partial charge in [0.2, 0.25) is 0 Å². The molecule has 0 aromatic carbocycles. The van der Waals surface area contributed by atoms with Crippen LogP contribution in [-0.4, -0.2) is 56.8 Å². The molecule has 0 heterocycles. The fourth-order valence-electron chi connectivity index (χ4n) is 1.36. The Morgan fingerprint density at radius 1 is 1.39 bits per heavy atom. The van der Waals surface area contributed by atoms with E-state index in [9.17, 15) is 13.2 Å². The topological polar surface area (TPSA) is 66.9 Å². The molecule has 0 fully saturated rings. The van der Waals surface area contributed by atoms with Gasteiger partial charge in [0.25, 0.3) is 10.2 Å². The van der Waals surface area contributed by atoms with Crippen LogP contribution in [0.2, 0.25) is 0 Å². The first-order valence-corrected chi connectivity index (χ1v) is 7.18. The summed E-state index contributed by atoms with van der Waals surface area (Å²) in [5.41, 5.74) is 0. The van der Waals surface area contributed by atoms with Crippen LogP contribution in [0, 0.1) is 0 Å². The predicted molar refractivity (Wildman–Crippen MR) is 70.2 cm³/mol. The molecule has 7 heteroatoms. The Kier molecular flexibility index (Phi) is 7.81. The average Bonchev–Trinajstić information content (AvgIpc) is 2.34. The quantitative estimate of drug-likeness (QED) is 0.458. The number of carbonyl (C=O) groups is 1. The van der Waals surface area contributed by atoms with Gasteiger partial charge in [0.05, 0.1) is 13.5 Å². The molecule has 0 unspecified atom stereocenters. The molecule has 0 saturated heterocycles. The minimum absolute atomic E-state index is 0.0419. The highest BCUT2D eigenvalue weighted by molar-refractivity contribution is 7.86. The molecule has 0 spiro atoms. The van der Waals surface area contributed by atoms with Gasteiger partial charge >= 0.3 is 5.97 Å². The second-order valence-electron chi connectivity index (χ2n) is 3.80. The SMILES string of the molecule is C=CCN(CCC)S(=O)(=O)N(C)CCC(=O)OC. The summed E-state index contributed by atoms with van der Waals surface area (Å²) < 4.78 is 31.3. The number of esters is 1. The first kappa shape index (κ1) is 17.1. The van der Waals surface area contributed by atoms with Crippen molar-refractivity contribution in [1.82, 2.24) is 8.61 Å². The number of hydrogen-bond donors (Lipinski definition) is 0. The molecule has 0 aliphatic carbocycles. The van der Waals surface area contributed by atoms with Gasteiger partial charge in [-0.3, -0.25) is 4.79 Å². The van der Waals surface area contributed by atoms with Crippen molar-refractivity contribution in [1.29, 1.82) is 0 Å². The molecule has 0 aromatic heterocycles. The summed E-state index contributed by atoms with van der Waals surface area (Å²) in [6, 6.07) is 0. The van der Waals surface area contributed by atoms with E-state index in [1.54, 1.807) is 6.08 Å². The summed E-state index contributed by atoms with van der Waals surface area (Å²) in [5.74, 6) is -0.428. The number of hydrogen-bond acceptors (Lipinski definition) is 4. The zero-order valence-corrected chi connectivity index (χ0v) is 12.1. The number of methoxy groups -OCH3 is 1. The Morgan fingerprint density at radius 2 is 2.00 bits per heavy atom. The molecule has 0 amide bonds. The minimum atomic E-state index is -3.54. The van der Waals surface area contributed by atoms with Gasteiger partial charge in [-0.2, -0.15) is 17.0 Å². The lowest BCUT2D eigenvalue weighted by atomic mass is 10.4. The van der Waals surface area contributed by atoms with Crippen molar-refractivity contribution >= 4 is 16.2 Å². The Labute approximate surface area is 109 Å². The summed E-state index contributed by atoms with van der Waals surface area (Å²) in [6.45, 7) is 6.24. The predicted octanol–water partition coefficient (Wildman–Crippen LogP) is 0.624. The summed E-state index contributed by atoms with van der Waals surface area (Å²) in [6.07, 6.45) is 2.31. The Morgan fingerprint density at radius 3 is 2.44 bits per heavy atom. The van der Waals surface area contributed by atoms with Crippen molar-refractivity contribution in [2.45, 2.75) is 19.8 Å². The summed E-state index contributed by atoms with van der Waals surface area (Å²) in [5, 5.41) is 0.